The molecule has 2 rings (SSSR count). The van der Waals surface area contributed by atoms with Crippen LogP contribution in [0.15, 0.2) is 29.4 Å². The van der Waals surface area contributed by atoms with Crippen molar-refractivity contribution in [3.05, 3.63) is 39.9 Å². The van der Waals surface area contributed by atoms with E-state index in [1.807, 2.05) is 0 Å². The van der Waals surface area contributed by atoms with Crippen molar-refractivity contribution in [2.45, 2.75) is 25.9 Å². The van der Waals surface area contributed by atoms with Gasteiger partial charge >= 0.3 is 6.03 Å². The predicted octanol–water partition coefficient (Wildman–Crippen LogP) is 1.80. The molecule has 1 unspecified atom stereocenters. The summed E-state index contributed by atoms with van der Waals surface area (Å²) in [6, 6.07) is 5.78. The number of nitrogens with zero attached hydrogens (tertiary/aromatic N) is 2. The molecule has 8 nitrogen and oxygen atoms in total. The van der Waals surface area contributed by atoms with Crippen LogP contribution in [0.25, 0.3) is 0 Å². The van der Waals surface area contributed by atoms with Crippen LogP contribution >= 0.6 is 0 Å². The second-order valence-electron chi connectivity index (χ2n) is 4.93. The van der Waals surface area contributed by atoms with E-state index in [9.17, 15) is 14.9 Å². The number of hydrogen-bond acceptors (Lipinski definition) is 5. The topological polar surface area (TPSA) is 106 Å². The Bertz CT molecular complexity index is 582. The Hall–Kier alpha value is -2.48. The van der Waals surface area contributed by atoms with E-state index in [1.54, 1.807) is 25.1 Å². The fourth-order valence-electron chi connectivity index (χ4n) is 2.19. The molecule has 0 bridgehead atoms. The molecule has 8 heteroatoms. The third kappa shape index (κ3) is 4.26. The number of hydrazone groups is 1. The summed E-state index contributed by atoms with van der Waals surface area (Å²) in [5, 5.41) is 17.5. The Morgan fingerprint density at radius 3 is 2.95 bits per heavy atom. The van der Waals surface area contributed by atoms with Crippen molar-refractivity contribution in [3.63, 3.8) is 0 Å². The van der Waals surface area contributed by atoms with Gasteiger partial charge in [-0.05, 0) is 25.8 Å². The Morgan fingerprint density at radius 2 is 2.27 bits per heavy atom. The van der Waals surface area contributed by atoms with Crippen molar-refractivity contribution < 1.29 is 14.5 Å². The van der Waals surface area contributed by atoms with Gasteiger partial charge in [0, 0.05) is 19.2 Å². The van der Waals surface area contributed by atoms with Crippen molar-refractivity contribution >= 4 is 17.4 Å². The van der Waals surface area contributed by atoms with E-state index in [2.05, 4.69) is 15.8 Å². The molecule has 1 aliphatic heterocycles. The predicted molar refractivity (Wildman–Crippen MR) is 80.8 cm³/mol. The maximum absolute atomic E-state index is 11.6. The van der Waals surface area contributed by atoms with Crippen LogP contribution in [-0.2, 0) is 4.74 Å². The summed E-state index contributed by atoms with van der Waals surface area (Å²) in [6.45, 7) is 2.75. The lowest BCUT2D eigenvalue weighted by atomic mass is 10.1. The van der Waals surface area contributed by atoms with Gasteiger partial charge in [-0.2, -0.15) is 5.10 Å². The molecule has 1 atom stereocenters. The second kappa shape index (κ2) is 7.51. The van der Waals surface area contributed by atoms with E-state index in [0.717, 1.165) is 19.4 Å². The van der Waals surface area contributed by atoms with Crippen LogP contribution in [-0.4, -0.2) is 35.9 Å². The van der Waals surface area contributed by atoms with E-state index in [-0.39, 0.29) is 11.8 Å². The SMILES string of the molecule is CC(=NNC(=O)NCC1CCCO1)c1ccccc1[N+](=O)[O-]. The number of nitro groups is 1. The molecule has 1 fully saturated rings. The molecule has 1 aliphatic rings. The van der Waals surface area contributed by atoms with Gasteiger partial charge in [0.05, 0.1) is 22.3 Å². The molecule has 1 heterocycles. The average Bonchev–Trinajstić information content (AvgIpc) is 3.04. The van der Waals surface area contributed by atoms with Crippen LogP contribution in [0.2, 0.25) is 0 Å². The number of hydrogen-bond donors (Lipinski definition) is 2. The average molecular weight is 306 g/mol. The summed E-state index contributed by atoms with van der Waals surface area (Å²) in [4.78, 5) is 22.1. The first-order chi connectivity index (χ1) is 10.6. The molecule has 1 aromatic rings. The van der Waals surface area contributed by atoms with Crippen LogP contribution in [0, 0.1) is 10.1 Å². The van der Waals surface area contributed by atoms with E-state index in [4.69, 9.17) is 4.74 Å². The number of urea groups is 1. The smallest absolute Gasteiger partial charge is 0.335 e. The number of rotatable bonds is 5. The van der Waals surface area contributed by atoms with Gasteiger partial charge in [0.25, 0.3) is 5.69 Å². The zero-order chi connectivity index (χ0) is 15.9. The minimum absolute atomic E-state index is 0.0473. The molecular weight excluding hydrogens is 288 g/mol. The van der Waals surface area contributed by atoms with Crippen LogP contribution in [0.1, 0.15) is 25.3 Å². The van der Waals surface area contributed by atoms with Gasteiger partial charge in [0.2, 0.25) is 0 Å². The number of para-hydroxylation sites is 1. The van der Waals surface area contributed by atoms with E-state index >= 15 is 0 Å². The van der Waals surface area contributed by atoms with E-state index in [1.165, 1.54) is 6.07 Å². The normalized spacial score (nSPS) is 18.0. The maximum Gasteiger partial charge on any atom is 0.335 e. The van der Waals surface area contributed by atoms with Gasteiger partial charge in [0.15, 0.2) is 0 Å². The van der Waals surface area contributed by atoms with Crippen molar-refractivity contribution in [1.82, 2.24) is 10.7 Å². The highest BCUT2D eigenvalue weighted by molar-refractivity contribution is 6.02. The summed E-state index contributed by atoms with van der Waals surface area (Å²) in [5.41, 5.74) is 3.01. The molecule has 0 aromatic heterocycles. The second-order valence-corrected chi connectivity index (χ2v) is 4.93. The molecule has 1 aromatic carbocycles. The van der Waals surface area contributed by atoms with Gasteiger partial charge < -0.3 is 10.1 Å². The molecule has 2 amide bonds. The maximum atomic E-state index is 11.6. The first-order valence-corrected chi connectivity index (χ1v) is 7.01. The van der Waals surface area contributed by atoms with Crippen molar-refractivity contribution in [1.29, 1.82) is 0 Å². The van der Waals surface area contributed by atoms with Crippen molar-refractivity contribution in [3.8, 4) is 0 Å². The Balaban J connectivity index is 1.91. The van der Waals surface area contributed by atoms with E-state index in [0.29, 0.717) is 17.8 Å². The number of carbonyl (C=O) groups excluding carboxylic acids is 1. The molecule has 0 spiro atoms. The third-order valence-corrected chi connectivity index (χ3v) is 3.33. The van der Waals surface area contributed by atoms with Gasteiger partial charge in [-0.15, -0.1) is 0 Å². The lowest BCUT2D eigenvalue weighted by Crippen LogP contribution is -2.37. The fraction of sp³-hybridized carbons (Fsp3) is 0.429. The van der Waals surface area contributed by atoms with E-state index < -0.39 is 11.0 Å². The van der Waals surface area contributed by atoms with Gasteiger partial charge in [-0.25, -0.2) is 10.2 Å². The van der Waals surface area contributed by atoms with Gasteiger partial charge in [-0.3, -0.25) is 10.1 Å². The lowest BCUT2D eigenvalue weighted by Gasteiger charge is -2.10. The number of nitrogens with one attached hydrogen (secondary N) is 2. The van der Waals surface area contributed by atoms with Crippen LogP contribution < -0.4 is 10.7 Å². The van der Waals surface area contributed by atoms with Gasteiger partial charge in [-0.1, -0.05) is 12.1 Å². The Labute approximate surface area is 127 Å². The number of carbonyl (C=O) groups is 1. The molecule has 0 radical (unpaired) electrons. The first-order valence-electron chi connectivity index (χ1n) is 7.01. The summed E-state index contributed by atoms with van der Waals surface area (Å²) < 4.78 is 5.39. The minimum Gasteiger partial charge on any atom is -0.376 e. The molecule has 118 valence electrons. The third-order valence-electron chi connectivity index (χ3n) is 3.33. The molecule has 0 saturated carbocycles. The summed E-state index contributed by atoms with van der Waals surface area (Å²) in [7, 11) is 0. The number of benzene rings is 1. The Kier molecular flexibility index (Phi) is 5.42. The fourth-order valence-corrected chi connectivity index (χ4v) is 2.19. The Morgan fingerprint density at radius 1 is 1.50 bits per heavy atom. The van der Waals surface area contributed by atoms with Crippen LogP contribution in [0.3, 0.4) is 0 Å². The summed E-state index contributed by atoms with van der Waals surface area (Å²) in [6.07, 6.45) is 1.98. The quantitative estimate of drug-likeness (QED) is 0.491. The van der Waals surface area contributed by atoms with Crippen LogP contribution in [0.5, 0.6) is 0 Å². The minimum atomic E-state index is -0.480. The largest absolute Gasteiger partial charge is 0.376 e. The van der Waals surface area contributed by atoms with Crippen molar-refractivity contribution in [2.75, 3.05) is 13.2 Å². The number of ether oxygens (including phenoxy) is 1. The molecule has 1 saturated heterocycles. The monoisotopic (exact) mass is 306 g/mol. The molecular formula is C14H18N4O4. The standard InChI is InChI=1S/C14H18N4O4/c1-10(12-6-2-3-7-13(12)18(20)21)16-17-14(19)15-9-11-5-4-8-22-11/h2-3,6-7,11H,4-5,8-9H2,1H3,(H2,15,17,19). The van der Waals surface area contributed by atoms with Crippen LogP contribution in [0.4, 0.5) is 10.5 Å². The highest BCUT2D eigenvalue weighted by Crippen LogP contribution is 2.18. The van der Waals surface area contributed by atoms with Crippen molar-refractivity contribution in [2.24, 2.45) is 5.10 Å². The van der Waals surface area contributed by atoms with Gasteiger partial charge in [0.1, 0.15) is 0 Å². The zero-order valence-electron chi connectivity index (χ0n) is 12.2. The molecule has 22 heavy (non-hydrogen) atoms. The first kappa shape index (κ1) is 15.9. The molecule has 0 aliphatic carbocycles. The number of amides is 2. The highest BCUT2D eigenvalue weighted by Gasteiger charge is 2.17. The summed E-state index contributed by atoms with van der Waals surface area (Å²) >= 11 is 0. The summed E-state index contributed by atoms with van der Waals surface area (Å²) in [5.74, 6) is 0. The molecule has 2 N–H and O–H groups in total. The zero-order valence-corrected chi connectivity index (χ0v) is 12.2. The number of nitro benzene ring substituents is 1. The lowest BCUT2D eigenvalue weighted by molar-refractivity contribution is -0.385. The highest BCUT2D eigenvalue weighted by atomic mass is 16.6.